The minimum atomic E-state index is -0.516. The van der Waals surface area contributed by atoms with Crippen molar-refractivity contribution in [2.45, 2.75) is 13.5 Å². The zero-order chi connectivity index (χ0) is 17.5. The van der Waals surface area contributed by atoms with Crippen LogP contribution in [0.3, 0.4) is 0 Å². The van der Waals surface area contributed by atoms with Crippen LogP contribution in [0.5, 0.6) is 0 Å². The Labute approximate surface area is 141 Å². The molecule has 0 aliphatic carbocycles. The summed E-state index contributed by atoms with van der Waals surface area (Å²) in [6.45, 7) is 2.87. The van der Waals surface area contributed by atoms with Gasteiger partial charge in [-0.25, -0.2) is 9.18 Å². The van der Waals surface area contributed by atoms with Crippen LogP contribution in [0.2, 0.25) is 0 Å². The minimum Gasteiger partial charge on any atom is -0.453 e. The standard InChI is InChI=1S/C19H19FN2O2/c1-4-11-22(13-15-5-7-16(20)8-6-15)17-9-10-18(14(2)12-17)21-19(23)24-3/h1,5-10,12H,11,13H2,2-3H3,(H,21,23). The lowest BCUT2D eigenvalue weighted by Crippen LogP contribution is -2.23. The summed E-state index contributed by atoms with van der Waals surface area (Å²) < 4.78 is 17.6. The second-order valence-corrected chi connectivity index (χ2v) is 5.30. The van der Waals surface area contributed by atoms with Crippen molar-refractivity contribution in [3.63, 3.8) is 0 Å². The number of terminal acetylenes is 1. The molecule has 0 aromatic heterocycles. The first kappa shape index (κ1) is 17.4. The number of halogens is 1. The molecule has 0 bridgehead atoms. The summed E-state index contributed by atoms with van der Waals surface area (Å²) in [6.07, 6.45) is 4.96. The van der Waals surface area contributed by atoms with E-state index in [4.69, 9.17) is 6.42 Å². The van der Waals surface area contributed by atoms with Gasteiger partial charge in [0.15, 0.2) is 0 Å². The number of amides is 1. The lowest BCUT2D eigenvalue weighted by atomic mass is 10.1. The van der Waals surface area contributed by atoms with E-state index < -0.39 is 6.09 Å². The molecule has 4 nitrogen and oxygen atoms in total. The average Bonchev–Trinajstić information content (AvgIpc) is 2.58. The van der Waals surface area contributed by atoms with Crippen LogP contribution in [0, 0.1) is 25.1 Å². The smallest absolute Gasteiger partial charge is 0.411 e. The Bertz CT molecular complexity index is 751. The highest BCUT2D eigenvalue weighted by Crippen LogP contribution is 2.24. The highest BCUT2D eigenvalue weighted by atomic mass is 19.1. The summed E-state index contributed by atoms with van der Waals surface area (Å²) in [7, 11) is 1.32. The molecule has 2 aromatic rings. The first-order valence-electron chi connectivity index (χ1n) is 7.42. The number of ether oxygens (including phenoxy) is 1. The maximum atomic E-state index is 13.0. The molecule has 0 atom stereocenters. The number of nitrogens with one attached hydrogen (secondary N) is 1. The van der Waals surface area contributed by atoms with Crippen molar-refractivity contribution in [3.8, 4) is 12.3 Å². The van der Waals surface area contributed by atoms with E-state index in [1.54, 1.807) is 18.2 Å². The maximum absolute atomic E-state index is 13.0. The Morgan fingerprint density at radius 3 is 2.58 bits per heavy atom. The molecule has 24 heavy (non-hydrogen) atoms. The molecule has 1 N–H and O–H groups in total. The number of aryl methyl sites for hydroxylation is 1. The van der Waals surface area contributed by atoms with Crippen molar-refractivity contribution in [1.82, 2.24) is 0 Å². The Morgan fingerprint density at radius 2 is 2.00 bits per heavy atom. The molecule has 0 heterocycles. The molecule has 2 aromatic carbocycles. The zero-order valence-electron chi connectivity index (χ0n) is 13.7. The zero-order valence-corrected chi connectivity index (χ0v) is 13.7. The fourth-order valence-corrected chi connectivity index (χ4v) is 2.30. The number of methoxy groups -OCH3 is 1. The third kappa shape index (κ3) is 4.50. The second kappa shape index (κ2) is 8.02. The van der Waals surface area contributed by atoms with Gasteiger partial charge in [0.05, 0.1) is 13.7 Å². The average molecular weight is 326 g/mol. The van der Waals surface area contributed by atoms with Crippen LogP contribution in [-0.4, -0.2) is 19.7 Å². The quantitative estimate of drug-likeness (QED) is 0.846. The Morgan fingerprint density at radius 1 is 1.29 bits per heavy atom. The van der Waals surface area contributed by atoms with E-state index in [-0.39, 0.29) is 5.82 Å². The fourth-order valence-electron chi connectivity index (χ4n) is 2.30. The van der Waals surface area contributed by atoms with Crippen LogP contribution in [-0.2, 0) is 11.3 Å². The highest BCUT2D eigenvalue weighted by molar-refractivity contribution is 5.86. The van der Waals surface area contributed by atoms with E-state index in [0.29, 0.717) is 18.8 Å². The molecule has 0 unspecified atom stereocenters. The molecular formula is C19H19FN2O2. The van der Waals surface area contributed by atoms with Gasteiger partial charge < -0.3 is 9.64 Å². The van der Waals surface area contributed by atoms with Crippen LogP contribution in [0.25, 0.3) is 0 Å². The summed E-state index contributed by atoms with van der Waals surface area (Å²) in [5.74, 6) is 2.37. The number of anilines is 2. The molecule has 2 rings (SSSR count). The Balaban J connectivity index is 2.21. The molecule has 0 saturated carbocycles. The first-order chi connectivity index (χ1) is 11.5. The fraction of sp³-hybridized carbons (Fsp3) is 0.211. The van der Waals surface area contributed by atoms with E-state index >= 15 is 0 Å². The van der Waals surface area contributed by atoms with E-state index in [2.05, 4.69) is 16.0 Å². The van der Waals surface area contributed by atoms with Gasteiger partial charge in [-0.15, -0.1) is 6.42 Å². The van der Waals surface area contributed by atoms with Crippen LogP contribution < -0.4 is 10.2 Å². The number of carbonyl (C=O) groups excluding carboxylic acids is 1. The van der Waals surface area contributed by atoms with Crippen molar-refractivity contribution in [1.29, 1.82) is 0 Å². The Kier molecular flexibility index (Phi) is 5.80. The van der Waals surface area contributed by atoms with E-state index in [1.807, 2.05) is 24.0 Å². The summed E-state index contributed by atoms with van der Waals surface area (Å²) in [6, 6.07) is 11.9. The van der Waals surface area contributed by atoms with Gasteiger partial charge >= 0.3 is 6.09 Å². The highest BCUT2D eigenvalue weighted by Gasteiger charge is 2.10. The molecule has 124 valence electrons. The molecular weight excluding hydrogens is 307 g/mol. The van der Waals surface area contributed by atoms with Gasteiger partial charge in [-0.2, -0.15) is 0 Å². The molecule has 0 aliphatic heterocycles. The summed E-state index contributed by atoms with van der Waals surface area (Å²) in [4.78, 5) is 13.3. The number of hydrogen-bond donors (Lipinski definition) is 1. The van der Waals surface area contributed by atoms with Gasteiger partial charge in [-0.1, -0.05) is 18.1 Å². The van der Waals surface area contributed by atoms with Gasteiger partial charge in [0.25, 0.3) is 0 Å². The monoisotopic (exact) mass is 326 g/mol. The topological polar surface area (TPSA) is 41.6 Å². The largest absolute Gasteiger partial charge is 0.453 e. The van der Waals surface area contributed by atoms with Crippen LogP contribution >= 0.6 is 0 Å². The molecule has 0 spiro atoms. The second-order valence-electron chi connectivity index (χ2n) is 5.30. The number of carbonyl (C=O) groups is 1. The van der Waals surface area contributed by atoms with Crippen LogP contribution in [0.1, 0.15) is 11.1 Å². The normalized spacial score (nSPS) is 9.92. The van der Waals surface area contributed by atoms with E-state index in [9.17, 15) is 9.18 Å². The van der Waals surface area contributed by atoms with Crippen molar-refractivity contribution in [2.24, 2.45) is 0 Å². The molecule has 1 amide bonds. The van der Waals surface area contributed by atoms with Crippen molar-refractivity contribution in [3.05, 3.63) is 59.4 Å². The summed E-state index contributed by atoms with van der Waals surface area (Å²) >= 11 is 0. The molecule has 0 aliphatic rings. The minimum absolute atomic E-state index is 0.267. The molecule has 0 fully saturated rings. The lowest BCUT2D eigenvalue weighted by molar-refractivity contribution is 0.187. The van der Waals surface area contributed by atoms with Crippen molar-refractivity contribution < 1.29 is 13.9 Å². The van der Waals surface area contributed by atoms with Gasteiger partial charge in [-0.05, 0) is 48.4 Å². The molecule has 0 radical (unpaired) electrons. The summed E-state index contributed by atoms with van der Waals surface area (Å²) in [5, 5.41) is 2.65. The SMILES string of the molecule is C#CCN(Cc1ccc(F)cc1)c1ccc(NC(=O)OC)c(C)c1. The number of hydrogen-bond acceptors (Lipinski definition) is 3. The number of benzene rings is 2. The predicted octanol–water partition coefficient (Wildman–Crippen LogP) is 3.95. The molecule has 0 saturated heterocycles. The van der Waals surface area contributed by atoms with E-state index in [1.165, 1.54) is 19.2 Å². The number of rotatable bonds is 5. The third-order valence-electron chi connectivity index (χ3n) is 3.57. The van der Waals surface area contributed by atoms with Crippen molar-refractivity contribution in [2.75, 3.05) is 23.9 Å². The van der Waals surface area contributed by atoms with Crippen LogP contribution in [0.4, 0.5) is 20.6 Å². The van der Waals surface area contributed by atoms with Gasteiger partial charge in [0, 0.05) is 17.9 Å². The third-order valence-corrected chi connectivity index (χ3v) is 3.57. The van der Waals surface area contributed by atoms with Gasteiger partial charge in [0.2, 0.25) is 0 Å². The predicted molar refractivity (Wildman–Crippen MR) is 93.5 cm³/mol. The van der Waals surface area contributed by atoms with Gasteiger partial charge in [-0.3, -0.25) is 5.32 Å². The number of nitrogens with zero attached hydrogens (tertiary/aromatic N) is 1. The van der Waals surface area contributed by atoms with Crippen LogP contribution in [0.15, 0.2) is 42.5 Å². The van der Waals surface area contributed by atoms with Gasteiger partial charge in [0.1, 0.15) is 5.82 Å². The maximum Gasteiger partial charge on any atom is 0.411 e. The van der Waals surface area contributed by atoms with Crippen molar-refractivity contribution >= 4 is 17.5 Å². The Hall–Kier alpha value is -3.00. The lowest BCUT2D eigenvalue weighted by Gasteiger charge is -2.23. The first-order valence-corrected chi connectivity index (χ1v) is 7.42. The molecule has 5 heteroatoms. The van der Waals surface area contributed by atoms with E-state index in [0.717, 1.165) is 16.8 Å². The summed E-state index contributed by atoms with van der Waals surface area (Å²) in [5.41, 5.74) is 3.44.